The van der Waals surface area contributed by atoms with Crippen LogP contribution in [0.3, 0.4) is 0 Å². The number of aromatic nitrogens is 2. The van der Waals surface area contributed by atoms with Gasteiger partial charge in [-0.05, 0) is 31.5 Å². The molecule has 0 aliphatic heterocycles. The average Bonchev–Trinajstić information content (AvgIpc) is 2.46. The molecule has 6 heteroatoms. The zero-order valence-electron chi connectivity index (χ0n) is 11.9. The maximum absolute atomic E-state index is 13.9. The lowest BCUT2D eigenvalue weighted by molar-refractivity contribution is 0.0948. The van der Waals surface area contributed by atoms with Gasteiger partial charge in [-0.15, -0.1) is 0 Å². The Hall–Kier alpha value is -2.50. The fraction of sp³-hybridized carbons (Fsp3) is 0.267. The van der Waals surface area contributed by atoms with Gasteiger partial charge in [-0.3, -0.25) is 4.79 Å². The van der Waals surface area contributed by atoms with Gasteiger partial charge in [0.15, 0.2) is 0 Å². The van der Waals surface area contributed by atoms with Gasteiger partial charge in [0.1, 0.15) is 11.5 Å². The minimum atomic E-state index is -0.685. The van der Waals surface area contributed by atoms with Crippen LogP contribution in [-0.4, -0.2) is 22.4 Å². The van der Waals surface area contributed by atoms with Gasteiger partial charge >= 0.3 is 5.69 Å². The highest BCUT2D eigenvalue weighted by molar-refractivity contribution is 5.93. The van der Waals surface area contributed by atoms with E-state index in [4.69, 9.17) is 0 Å². The lowest BCUT2D eigenvalue weighted by Crippen LogP contribution is -2.28. The fourth-order valence-electron chi connectivity index (χ4n) is 1.89. The first-order valence-corrected chi connectivity index (χ1v) is 6.67. The molecule has 0 spiro atoms. The number of nitrogens with zero attached hydrogens (tertiary/aromatic N) is 1. The molecule has 2 rings (SSSR count). The largest absolute Gasteiger partial charge is 0.351 e. The molecule has 0 fully saturated rings. The molecular weight excluding hydrogens is 273 g/mol. The van der Waals surface area contributed by atoms with E-state index in [1.165, 1.54) is 12.1 Å². The third-order valence-electron chi connectivity index (χ3n) is 2.92. The van der Waals surface area contributed by atoms with Gasteiger partial charge < -0.3 is 10.3 Å². The second kappa shape index (κ2) is 6.30. The van der Waals surface area contributed by atoms with Crippen LogP contribution in [0.5, 0.6) is 0 Å². The fourth-order valence-corrected chi connectivity index (χ4v) is 1.89. The normalized spacial score (nSPS) is 10.4. The molecule has 0 radical (unpaired) electrons. The van der Waals surface area contributed by atoms with Crippen LogP contribution in [0.1, 0.15) is 29.4 Å². The number of carbonyl (C=O) groups is 1. The molecule has 0 aliphatic rings. The molecule has 1 aromatic heterocycles. The van der Waals surface area contributed by atoms with Crippen LogP contribution in [0.2, 0.25) is 0 Å². The standard InChI is InChI=1S/C15H16FN3O2/c1-3-6-17-14(20)13-8-12(18-15(21)19-13)10-7-9(2)4-5-11(10)16/h4-5,7-8H,3,6H2,1-2H3,(H,17,20)(H,18,19,21). The lowest BCUT2D eigenvalue weighted by Gasteiger charge is -2.07. The summed E-state index contributed by atoms with van der Waals surface area (Å²) in [6, 6.07) is 5.90. The number of amides is 1. The number of halogens is 1. The molecule has 2 aromatic rings. The van der Waals surface area contributed by atoms with Crippen molar-refractivity contribution in [3.63, 3.8) is 0 Å². The van der Waals surface area contributed by atoms with Crippen LogP contribution in [-0.2, 0) is 0 Å². The zero-order valence-corrected chi connectivity index (χ0v) is 11.9. The van der Waals surface area contributed by atoms with E-state index in [2.05, 4.69) is 15.3 Å². The van der Waals surface area contributed by atoms with Gasteiger partial charge in [0.05, 0.1) is 5.69 Å². The highest BCUT2D eigenvalue weighted by Crippen LogP contribution is 2.21. The molecule has 1 aromatic carbocycles. The van der Waals surface area contributed by atoms with Crippen LogP contribution in [0, 0.1) is 12.7 Å². The van der Waals surface area contributed by atoms with Crippen molar-refractivity contribution < 1.29 is 9.18 Å². The van der Waals surface area contributed by atoms with Gasteiger partial charge in [-0.1, -0.05) is 18.6 Å². The Labute approximate surface area is 121 Å². The zero-order chi connectivity index (χ0) is 15.4. The second-order valence-corrected chi connectivity index (χ2v) is 4.72. The highest BCUT2D eigenvalue weighted by Gasteiger charge is 2.13. The molecule has 0 aliphatic carbocycles. The van der Waals surface area contributed by atoms with Crippen molar-refractivity contribution in [1.29, 1.82) is 0 Å². The summed E-state index contributed by atoms with van der Waals surface area (Å²) < 4.78 is 13.9. The van der Waals surface area contributed by atoms with E-state index in [1.54, 1.807) is 12.1 Å². The molecule has 5 nitrogen and oxygen atoms in total. The number of rotatable bonds is 4. The molecule has 1 heterocycles. The Bertz CT molecular complexity index is 725. The highest BCUT2D eigenvalue weighted by atomic mass is 19.1. The van der Waals surface area contributed by atoms with Gasteiger partial charge in [-0.2, -0.15) is 4.98 Å². The number of hydrogen-bond donors (Lipinski definition) is 2. The minimum Gasteiger partial charge on any atom is -0.351 e. The first-order chi connectivity index (χ1) is 10.0. The number of H-pyrrole nitrogens is 1. The van der Waals surface area contributed by atoms with E-state index in [0.717, 1.165) is 12.0 Å². The van der Waals surface area contributed by atoms with Gasteiger partial charge in [0, 0.05) is 12.1 Å². The van der Waals surface area contributed by atoms with Crippen molar-refractivity contribution in [2.75, 3.05) is 6.54 Å². The quantitative estimate of drug-likeness (QED) is 0.904. The number of aromatic amines is 1. The average molecular weight is 289 g/mol. The predicted octanol–water partition coefficient (Wildman–Crippen LogP) is 2.02. The molecule has 1 amide bonds. The summed E-state index contributed by atoms with van der Waals surface area (Å²) in [5.41, 5.74) is 0.562. The van der Waals surface area contributed by atoms with Crippen LogP contribution >= 0.6 is 0 Å². The summed E-state index contributed by atoms with van der Waals surface area (Å²) in [6.45, 7) is 4.23. The van der Waals surface area contributed by atoms with E-state index in [-0.39, 0.29) is 17.0 Å². The topological polar surface area (TPSA) is 74.8 Å². The molecule has 0 unspecified atom stereocenters. The molecule has 21 heavy (non-hydrogen) atoms. The Morgan fingerprint density at radius 1 is 1.38 bits per heavy atom. The van der Waals surface area contributed by atoms with E-state index in [9.17, 15) is 14.0 Å². The van der Waals surface area contributed by atoms with Gasteiger partial charge in [0.25, 0.3) is 5.91 Å². The summed E-state index contributed by atoms with van der Waals surface area (Å²) in [4.78, 5) is 29.6. The maximum atomic E-state index is 13.9. The van der Waals surface area contributed by atoms with Crippen molar-refractivity contribution in [1.82, 2.24) is 15.3 Å². The summed E-state index contributed by atoms with van der Waals surface area (Å²) >= 11 is 0. The summed E-state index contributed by atoms with van der Waals surface area (Å²) in [5.74, 6) is -0.899. The van der Waals surface area contributed by atoms with E-state index >= 15 is 0 Å². The smallest absolute Gasteiger partial charge is 0.346 e. The summed E-state index contributed by atoms with van der Waals surface area (Å²) in [7, 11) is 0. The first kappa shape index (κ1) is 14.9. The summed E-state index contributed by atoms with van der Waals surface area (Å²) in [6.07, 6.45) is 0.778. The van der Waals surface area contributed by atoms with Crippen molar-refractivity contribution in [2.24, 2.45) is 0 Å². The predicted molar refractivity (Wildman–Crippen MR) is 77.6 cm³/mol. The number of hydrogen-bond acceptors (Lipinski definition) is 3. The molecular formula is C15H16FN3O2. The Morgan fingerprint density at radius 3 is 2.86 bits per heavy atom. The molecule has 110 valence electrons. The summed E-state index contributed by atoms with van der Waals surface area (Å²) in [5, 5.41) is 2.65. The monoisotopic (exact) mass is 289 g/mol. The molecule has 0 bridgehead atoms. The Kier molecular flexibility index (Phi) is 4.47. The first-order valence-electron chi connectivity index (χ1n) is 6.67. The number of aryl methyl sites for hydroxylation is 1. The second-order valence-electron chi connectivity index (χ2n) is 4.72. The van der Waals surface area contributed by atoms with Crippen molar-refractivity contribution in [2.45, 2.75) is 20.3 Å². The van der Waals surface area contributed by atoms with Crippen LogP contribution < -0.4 is 11.0 Å². The molecule has 0 atom stereocenters. The van der Waals surface area contributed by atoms with Gasteiger partial charge in [0.2, 0.25) is 0 Å². The van der Waals surface area contributed by atoms with E-state index < -0.39 is 17.4 Å². The van der Waals surface area contributed by atoms with E-state index in [0.29, 0.717) is 6.54 Å². The molecule has 0 saturated carbocycles. The van der Waals surface area contributed by atoms with Crippen molar-refractivity contribution >= 4 is 5.91 Å². The Balaban J connectivity index is 2.46. The SMILES string of the molecule is CCCNC(=O)c1cc(-c2cc(C)ccc2F)nc(=O)[nH]1. The number of carbonyl (C=O) groups excluding carboxylic acids is 1. The Morgan fingerprint density at radius 2 is 2.14 bits per heavy atom. The van der Waals surface area contributed by atoms with E-state index in [1.807, 2.05) is 13.8 Å². The number of nitrogens with one attached hydrogen (secondary N) is 2. The maximum Gasteiger partial charge on any atom is 0.346 e. The van der Waals surface area contributed by atoms with Crippen molar-refractivity contribution in [3.05, 3.63) is 51.8 Å². The lowest BCUT2D eigenvalue weighted by atomic mass is 10.1. The van der Waals surface area contributed by atoms with Crippen LogP contribution in [0.4, 0.5) is 4.39 Å². The molecule has 0 saturated heterocycles. The third-order valence-corrected chi connectivity index (χ3v) is 2.92. The number of benzene rings is 1. The van der Waals surface area contributed by atoms with Crippen LogP contribution in [0.15, 0.2) is 29.1 Å². The minimum absolute atomic E-state index is 0.0688. The molecule has 2 N–H and O–H groups in total. The third kappa shape index (κ3) is 3.53. The van der Waals surface area contributed by atoms with Crippen LogP contribution in [0.25, 0.3) is 11.3 Å². The van der Waals surface area contributed by atoms with Crippen molar-refractivity contribution in [3.8, 4) is 11.3 Å². The van der Waals surface area contributed by atoms with Gasteiger partial charge in [-0.25, -0.2) is 9.18 Å².